The fourth-order valence-corrected chi connectivity index (χ4v) is 4.52. The Morgan fingerprint density at radius 3 is 2.53 bits per heavy atom. The average Bonchev–Trinajstić information content (AvgIpc) is 2.83. The molecular weight excluding hydrogens is 515 g/mol. The summed E-state index contributed by atoms with van der Waals surface area (Å²) in [5.74, 6) is 1.78. The summed E-state index contributed by atoms with van der Waals surface area (Å²) in [6, 6.07) is 19.3. The van der Waals surface area contributed by atoms with Crippen molar-refractivity contribution in [2.75, 3.05) is 33.4 Å². The zero-order valence-electron chi connectivity index (χ0n) is 19.0. The van der Waals surface area contributed by atoms with Gasteiger partial charge in [-0.2, -0.15) is 0 Å². The van der Waals surface area contributed by atoms with Crippen molar-refractivity contribution in [2.45, 2.75) is 43.8 Å². The Morgan fingerprint density at radius 2 is 1.78 bits per heavy atom. The highest BCUT2D eigenvalue weighted by atomic mass is 127. The van der Waals surface area contributed by atoms with Crippen LogP contribution in [0.3, 0.4) is 0 Å². The highest BCUT2D eigenvalue weighted by Crippen LogP contribution is 2.31. The van der Waals surface area contributed by atoms with Gasteiger partial charge in [-0.1, -0.05) is 48.5 Å². The smallest absolute Gasteiger partial charge is 0.191 e. The molecule has 1 saturated heterocycles. The van der Waals surface area contributed by atoms with E-state index in [1.807, 2.05) is 19.2 Å². The van der Waals surface area contributed by atoms with Gasteiger partial charge in [0, 0.05) is 50.4 Å². The highest BCUT2D eigenvalue weighted by molar-refractivity contribution is 14.0. The minimum atomic E-state index is -0.0429. The fourth-order valence-electron chi connectivity index (χ4n) is 4.52. The maximum Gasteiger partial charge on any atom is 0.191 e. The molecule has 2 unspecified atom stereocenters. The van der Waals surface area contributed by atoms with Crippen molar-refractivity contribution < 1.29 is 9.47 Å². The van der Waals surface area contributed by atoms with E-state index in [9.17, 15) is 0 Å². The summed E-state index contributed by atoms with van der Waals surface area (Å²) in [5, 5.41) is 11.1. The van der Waals surface area contributed by atoms with Crippen LogP contribution in [0.2, 0.25) is 0 Å². The van der Waals surface area contributed by atoms with Crippen molar-refractivity contribution in [3.8, 4) is 5.75 Å². The number of nitrogens with one attached hydrogen (secondary N) is 3. The maximum atomic E-state index is 5.80. The molecule has 174 valence electrons. The third-order valence-corrected chi connectivity index (χ3v) is 6.36. The Balaban J connectivity index is 0.00000289. The Hall–Kier alpha value is -1.84. The number of guanidine groups is 1. The van der Waals surface area contributed by atoms with E-state index in [2.05, 4.69) is 70.3 Å². The molecule has 0 saturated carbocycles. The summed E-state index contributed by atoms with van der Waals surface area (Å²) < 4.78 is 11.5. The van der Waals surface area contributed by atoms with E-state index in [4.69, 9.17) is 9.47 Å². The number of para-hydroxylation sites is 1. The molecule has 0 bridgehead atoms. The first kappa shape index (κ1) is 24.8. The van der Waals surface area contributed by atoms with E-state index >= 15 is 0 Å². The fraction of sp³-hybridized carbons (Fsp3) is 0.480. The van der Waals surface area contributed by atoms with Gasteiger partial charge in [0.15, 0.2) is 5.96 Å². The minimum absolute atomic E-state index is 0. The van der Waals surface area contributed by atoms with Crippen LogP contribution in [0.25, 0.3) is 0 Å². The van der Waals surface area contributed by atoms with E-state index < -0.39 is 0 Å². The largest absolute Gasteiger partial charge is 0.493 e. The van der Waals surface area contributed by atoms with Crippen LogP contribution in [0.15, 0.2) is 59.6 Å². The normalized spacial score (nSPS) is 20.8. The van der Waals surface area contributed by atoms with Crippen LogP contribution in [0.4, 0.5) is 0 Å². The van der Waals surface area contributed by atoms with Crippen molar-refractivity contribution in [3.05, 3.63) is 65.7 Å². The van der Waals surface area contributed by atoms with Gasteiger partial charge in [0.1, 0.15) is 5.75 Å². The molecule has 7 heteroatoms. The van der Waals surface area contributed by atoms with Crippen LogP contribution >= 0.6 is 24.0 Å². The lowest BCUT2D eigenvalue weighted by Gasteiger charge is -2.41. The number of aliphatic imine (C=N–C) groups is 1. The van der Waals surface area contributed by atoms with Gasteiger partial charge in [-0.25, -0.2) is 0 Å². The van der Waals surface area contributed by atoms with Crippen LogP contribution in [-0.4, -0.2) is 44.9 Å². The summed E-state index contributed by atoms with van der Waals surface area (Å²) in [7, 11) is 1.83. The lowest BCUT2D eigenvalue weighted by atomic mass is 9.88. The molecule has 32 heavy (non-hydrogen) atoms. The number of hydrogen-bond acceptors (Lipinski definition) is 4. The predicted octanol–water partition coefficient (Wildman–Crippen LogP) is 4.19. The molecule has 4 rings (SSSR count). The summed E-state index contributed by atoms with van der Waals surface area (Å²) in [6.45, 7) is 5.28. The molecule has 2 aliphatic rings. The monoisotopic (exact) mass is 550 g/mol. The number of ether oxygens (including phenoxy) is 2. The molecule has 0 aromatic heterocycles. The van der Waals surface area contributed by atoms with Crippen molar-refractivity contribution in [2.24, 2.45) is 4.99 Å². The van der Waals surface area contributed by atoms with Crippen LogP contribution in [0.5, 0.6) is 5.75 Å². The van der Waals surface area contributed by atoms with Gasteiger partial charge in [-0.15, -0.1) is 24.0 Å². The third kappa shape index (κ3) is 6.14. The SMILES string of the molecule is CN=C(NCC1(NC(C)c2ccccc2)CCOCC1)NC1CCOc2ccccc21.I. The Labute approximate surface area is 208 Å². The van der Waals surface area contributed by atoms with Gasteiger partial charge in [0.25, 0.3) is 0 Å². The zero-order chi connectivity index (χ0) is 21.5. The molecule has 0 spiro atoms. The predicted molar refractivity (Wildman–Crippen MR) is 140 cm³/mol. The standard InChI is InChI=1S/C25H34N4O2.HI/c1-19(20-8-4-3-5-9-20)29-25(13-16-30-17-14-25)18-27-24(26-2)28-22-12-15-31-23-11-7-6-10-21(22)23;/h3-11,19,22,29H,12-18H2,1-2H3,(H2,26,27,28);1H. The lowest BCUT2D eigenvalue weighted by Crippen LogP contribution is -2.58. The molecule has 2 aromatic rings. The maximum absolute atomic E-state index is 5.80. The van der Waals surface area contributed by atoms with Crippen molar-refractivity contribution >= 4 is 29.9 Å². The van der Waals surface area contributed by atoms with E-state index in [-0.39, 0.29) is 41.6 Å². The van der Waals surface area contributed by atoms with Gasteiger partial charge in [0.05, 0.1) is 12.6 Å². The molecule has 0 amide bonds. The summed E-state index contributed by atoms with van der Waals surface area (Å²) >= 11 is 0. The average molecular weight is 550 g/mol. The molecule has 0 radical (unpaired) electrons. The molecule has 1 fully saturated rings. The Morgan fingerprint density at radius 1 is 1.06 bits per heavy atom. The highest BCUT2D eigenvalue weighted by Gasteiger charge is 2.34. The number of hydrogen-bond donors (Lipinski definition) is 3. The van der Waals surface area contributed by atoms with E-state index in [0.717, 1.165) is 50.7 Å². The topological polar surface area (TPSA) is 66.9 Å². The second-order valence-electron chi connectivity index (χ2n) is 8.47. The van der Waals surface area contributed by atoms with Crippen LogP contribution in [0.1, 0.15) is 49.4 Å². The molecule has 2 heterocycles. The Bertz CT molecular complexity index is 871. The third-order valence-electron chi connectivity index (χ3n) is 6.36. The molecular formula is C25H35IN4O2. The first-order chi connectivity index (χ1) is 15.2. The van der Waals surface area contributed by atoms with E-state index in [1.165, 1.54) is 11.1 Å². The van der Waals surface area contributed by atoms with E-state index in [0.29, 0.717) is 6.61 Å². The number of nitrogens with zero attached hydrogens (tertiary/aromatic N) is 1. The Kier molecular flexibility index (Phi) is 9.19. The number of rotatable bonds is 6. The first-order valence-corrected chi connectivity index (χ1v) is 11.3. The van der Waals surface area contributed by atoms with Crippen molar-refractivity contribution in [3.63, 3.8) is 0 Å². The second-order valence-corrected chi connectivity index (χ2v) is 8.47. The molecule has 2 aromatic carbocycles. The molecule has 2 atom stereocenters. The van der Waals surface area contributed by atoms with Crippen molar-refractivity contribution in [1.29, 1.82) is 0 Å². The number of halogens is 1. The van der Waals surface area contributed by atoms with Crippen LogP contribution in [0, 0.1) is 0 Å². The van der Waals surface area contributed by atoms with Gasteiger partial charge in [0.2, 0.25) is 0 Å². The minimum Gasteiger partial charge on any atom is -0.493 e. The quantitative estimate of drug-likeness (QED) is 0.286. The van der Waals surface area contributed by atoms with Crippen LogP contribution < -0.4 is 20.7 Å². The summed E-state index contributed by atoms with van der Waals surface area (Å²) in [6.07, 6.45) is 2.85. The first-order valence-electron chi connectivity index (χ1n) is 11.3. The summed E-state index contributed by atoms with van der Waals surface area (Å²) in [5.41, 5.74) is 2.45. The second kappa shape index (κ2) is 11.9. The van der Waals surface area contributed by atoms with Gasteiger partial charge >= 0.3 is 0 Å². The molecule has 6 nitrogen and oxygen atoms in total. The zero-order valence-corrected chi connectivity index (χ0v) is 21.3. The summed E-state index contributed by atoms with van der Waals surface area (Å²) in [4.78, 5) is 4.50. The molecule has 3 N–H and O–H groups in total. The van der Waals surface area contributed by atoms with E-state index in [1.54, 1.807) is 0 Å². The van der Waals surface area contributed by atoms with Gasteiger partial charge < -0.3 is 25.4 Å². The van der Waals surface area contributed by atoms with Crippen molar-refractivity contribution in [1.82, 2.24) is 16.0 Å². The number of benzene rings is 2. The van der Waals surface area contributed by atoms with Gasteiger partial charge in [-0.3, -0.25) is 4.99 Å². The van der Waals surface area contributed by atoms with Crippen LogP contribution in [-0.2, 0) is 4.74 Å². The number of fused-ring (bicyclic) bond motifs is 1. The molecule has 0 aliphatic carbocycles. The van der Waals surface area contributed by atoms with Gasteiger partial charge in [-0.05, 0) is 31.4 Å². The lowest BCUT2D eigenvalue weighted by molar-refractivity contribution is 0.0354. The molecule has 2 aliphatic heterocycles.